The van der Waals surface area contributed by atoms with Gasteiger partial charge in [-0.1, -0.05) is 53.8 Å². The van der Waals surface area contributed by atoms with Gasteiger partial charge in [0.2, 0.25) is 5.13 Å². The predicted molar refractivity (Wildman–Crippen MR) is 119 cm³/mol. The van der Waals surface area contributed by atoms with Crippen molar-refractivity contribution in [1.29, 1.82) is 0 Å². The minimum Gasteiger partial charge on any atom is -0.356 e. The van der Waals surface area contributed by atoms with Crippen LogP contribution >= 0.6 is 11.3 Å². The summed E-state index contributed by atoms with van der Waals surface area (Å²) in [6, 6.07) is 24.1. The molecular formula is C22H17N5O2S. The van der Waals surface area contributed by atoms with Gasteiger partial charge in [0.05, 0.1) is 10.6 Å². The number of hydrogen-bond acceptors (Lipinski definition) is 7. The molecule has 3 aromatic carbocycles. The van der Waals surface area contributed by atoms with Gasteiger partial charge in [-0.25, -0.2) is 0 Å². The number of anilines is 1. The number of rotatable bonds is 7. The van der Waals surface area contributed by atoms with Gasteiger partial charge in [-0.2, -0.15) is 0 Å². The third-order valence-electron chi connectivity index (χ3n) is 4.27. The lowest BCUT2D eigenvalue weighted by molar-refractivity contribution is -0.384. The van der Waals surface area contributed by atoms with E-state index in [4.69, 9.17) is 0 Å². The number of aliphatic imine (C=N–C) groups is 1. The summed E-state index contributed by atoms with van der Waals surface area (Å²) in [6.07, 6.45) is 1.61. The van der Waals surface area contributed by atoms with E-state index in [1.807, 2.05) is 42.5 Å². The van der Waals surface area contributed by atoms with E-state index in [-0.39, 0.29) is 5.69 Å². The Balaban J connectivity index is 1.40. The molecule has 30 heavy (non-hydrogen) atoms. The van der Waals surface area contributed by atoms with Gasteiger partial charge >= 0.3 is 0 Å². The van der Waals surface area contributed by atoms with E-state index in [9.17, 15) is 10.1 Å². The van der Waals surface area contributed by atoms with Crippen LogP contribution < -0.4 is 5.32 Å². The smallest absolute Gasteiger partial charge is 0.270 e. The minimum absolute atomic E-state index is 0.0437. The zero-order valence-electron chi connectivity index (χ0n) is 15.8. The maximum absolute atomic E-state index is 10.9. The van der Waals surface area contributed by atoms with E-state index >= 15 is 0 Å². The third-order valence-corrected chi connectivity index (χ3v) is 5.20. The molecule has 7 nitrogen and oxygen atoms in total. The normalized spacial score (nSPS) is 10.9. The highest BCUT2D eigenvalue weighted by atomic mass is 32.1. The van der Waals surface area contributed by atoms with Crippen molar-refractivity contribution in [1.82, 2.24) is 10.2 Å². The Morgan fingerprint density at radius 1 is 1.00 bits per heavy atom. The molecular weight excluding hydrogens is 398 g/mol. The molecule has 4 aromatic rings. The van der Waals surface area contributed by atoms with Gasteiger partial charge < -0.3 is 5.32 Å². The van der Waals surface area contributed by atoms with Crippen LogP contribution in [0.4, 0.5) is 16.5 Å². The molecule has 148 valence electrons. The summed E-state index contributed by atoms with van der Waals surface area (Å²) in [6.45, 7) is 0.695. The number of non-ortho nitro benzene ring substituents is 1. The van der Waals surface area contributed by atoms with Crippen LogP contribution in [0.1, 0.15) is 11.1 Å². The fraction of sp³-hybridized carbons (Fsp3) is 0.0455. The number of aromatic nitrogens is 2. The summed E-state index contributed by atoms with van der Waals surface area (Å²) >= 11 is 1.49. The molecule has 0 saturated heterocycles. The maximum atomic E-state index is 10.9. The number of nitrogens with zero attached hydrogens (tertiary/aromatic N) is 4. The topological polar surface area (TPSA) is 93.3 Å². The molecule has 0 aliphatic rings. The van der Waals surface area contributed by atoms with Crippen LogP contribution in [-0.2, 0) is 6.54 Å². The van der Waals surface area contributed by atoms with E-state index in [2.05, 4.69) is 32.6 Å². The Morgan fingerprint density at radius 2 is 1.80 bits per heavy atom. The lowest BCUT2D eigenvalue weighted by Crippen LogP contribution is -1.98. The average Bonchev–Trinajstić information content (AvgIpc) is 3.27. The van der Waals surface area contributed by atoms with Crippen molar-refractivity contribution in [3.05, 3.63) is 100 Å². The van der Waals surface area contributed by atoms with Crippen molar-refractivity contribution in [3.8, 4) is 10.6 Å². The highest BCUT2D eigenvalue weighted by molar-refractivity contribution is 7.18. The number of nitro benzene ring substituents is 1. The van der Waals surface area contributed by atoms with Crippen LogP contribution in [0.2, 0.25) is 0 Å². The van der Waals surface area contributed by atoms with Crippen LogP contribution in [-0.4, -0.2) is 21.3 Å². The Kier molecular flexibility index (Phi) is 5.86. The highest BCUT2D eigenvalue weighted by Gasteiger charge is 2.07. The predicted octanol–water partition coefficient (Wildman–Crippen LogP) is 5.48. The quantitative estimate of drug-likeness (QED) is 0.245. The molecule has 1 aromatic heterocycles. The first-order valence-corrected chi connectivity index (χ1v) is 9.99. The second kappa shape index (κ2) is 9.06. The Labute approximate surface area is 176 Å². The van der Waals surface area contributed by atoms with Crippen LogP contribution in [0.15, 0.2) is 83.9 Å². The van der Waals surface area contributed by atoms with Crippen LogP contribution in [0.5, 0.6) is 0 Å². The first-order chi connectivity index (χ1) is 14.7. The van der Waals surface area contributed by atoms with Gasteiger partial charge in [0.15, 0.2) is 0 Å². The zero-order chi connectivity index (χ0) is 20.8. The lowest BCUT2D eigenvalue weighted by atomic mass is 10.2. The van der Waals surface area contributed by atoms with Gasteiger partial charge in [-0.15, -0.1) is 10.2 Å². The van der Waals surface area contributed by atoms with Crippen molar-refractivity contribution in [2.45, 2.75) is 6.54 Å². The van der Waals surface area contributed by atoms with Crippen molar-refractivity contribution < 1.29 is 4.92 Å². The Bertz CT molecular complexity index is 1170. The van der Waals surface area contributed by atoms with Crippen LogP contribution in [0.25, 0.3) is 10.6 Å². The fourth-order valence-corrected chi connectivity index (χ4v) is 3.49. The maximum Gasteiger partial charge on any atom is 0.270 e. The SMILES string of the molecule is O=[N+]([O-])c1cccc(C=Nc2ccc(-c3nnc(NCc4ccccc4)s3)cc2)c1. The second-order valence-electron chi connectivity index (χ2n) is 6.41. The van der Waals surface area contributed by atoms with E-state index in [1.54, 1.807) is 18.3 Å². The third kappa shape index (κ3) is 4.92. The summed E-state index contributed by atoms with van der Waals surface area (Å²) in [4.78, 5) is 14.8. The molecule has 0 spiro atoms. The Morgan fingerprint density at radius 3 is 2.57 bits per heavy atom. The molecule has 0 bridgehead atoms. The van der Waals surface area contributed by atoms with Crippen molar-refractivity contribution in [3.63, 3.8) is 0 Å². The second-order valence-corrected chi connectivity index (χ2v) is 7.39. The number of hydrogen-bond donors (Lipinski definition) is 1. The van der Waals surface area contributed by atoms with Gasteiger partial charge in [-0.05, 0) is 35.4 Å². The lowest BCUT2D eigenvalue weighted by Gasteiger charge is -2.01. The summed E-state index contributed by atoms with van der Waals surface area (Å²) in [5.74, 6) is 0. The molecule has 4 rings (SSSR count). The largest absolute Gasteiger partial charge is 0.356 e. The van der Waals surface area contributed by atoms with E-state index in [0.717, 1.165) is 21.4 Å². The molecule has 0 aliphatic heterocycles. The molecule has 1 heterocycles. The van der Waals surface area contributed by atoms with Gasteiger partial charge in [0, 0.05) is 30.5 Å². The van der Waals surface area contributed by atoms with Crippen LogP contribution in [0.3, 0.4) is 0 Å². The number of benzene rings is 3. The summed E-state index contributed by atoms with van der Waals surface area (Å²) in [5.41, 5.74) is 3.60. The van der Waals surface area contributed by atoms with E-state index in [1.165, 1.54) is 29.0 Å². The molecule has 1 N–H and O–H groups in total. The Hall–Kier alpha value is -3.91. The standard InChI is InChI=1S/C22H17N5O2S/c28-27(29)20-8-4-7-17(13-20)15-23-19-11-9-18(10-12-19)21-25-26-22(30-21)24-14-16-5-2-1-3-6-16/h1-13,15H,14H2,(H,24,26). The summed E-state index contributed by atoms with van der Waals surface area (Å²) in [7, 11) is 0. The molecule has 0 fully saturated rings. The first kappa shape index (κ1) is 19.4. The summed E-state index contributed by atoms with van der Waals surface area (Å²) < 4.78 is 0. The molecule has 8 heteroatoms. The van der Waals surface area contributed by atoms with Crippen LogP contribution in [0, 0.1) is 10.1 Å². The monoisotopic (exact) mass is 415 g/mol. The van der Waals surface area contributed by atoms with Crippen molar-refractivity contribution in [2.24, 2.45) is 4.99 Å². The molecule has 0 radical (unpaired) electrons. The first-order valence-electron chi connectivity index (χ1n) is 9.18. The summed E-state index contributed by atoms with van der Waals surface area (Å²) in [5, 5.41) is 24.2. The highest BCUT2D eigenvalue weighted by Crippen LogP contribution is 2.28. The van der Waals surface area contributed by atoms with Gasteiger partial charge in [0.25, 0.3) is 5.69 Å². The average molecular weight is 415 g/mol. The molecule has 0 amide bonds. The molecule has 0 atom stereocenters. The van der Waals surface area contributed by atoms with Crippen molar-refractivity contribution in [2.75, 3.05) is 5.32 Å². The van der Waals surface area contributed by atoms with E-state index in [0.29, 0.717) is 12.1 Å². The minimum atomic E-state index is -0.419. The van der Waals surface area contributed by atoms with Gasteiger partial charge in [-0.3, -0.25) is 15.1 Å². The van der Waals surface area contributed by atoms with Crippen molar-refractivity contribution >= 4 is 34.1 Å². The molecule has 0 aliphatic carbocycles. The number of nitro groups is 1. The molecule has 0 unspecified atom stereocenters. The fourth-order valence-electron chi connectivity index (χ4n) is 2.74. The van der Waals surface area contributed by atoms with E-state index < -0.39 is 4.92 Å². The van der Waals surface area contributed by atoms with Gasteiger partial charge in [0.1, 0.15) is 5.01 Å². The number of nitrogens with one attached hydrogen (secondary N) is 1. The zero-order valence-corrected chi connectivity index (χ0v) is 16.6. The molecule has 0 saturated carbocycles.